The van der Waals surface area contributed by atoms with E-state index in [9.17, 15) is 9.18 Å². The average molecular weight is 225 g/mol. The summed E-state index contributed by atoms with van der Waals surface area (Å²) in [5, 5.41) is 2.66. The van der Waals surface area contributed by atoms with Gasteiger partial charge < -0.3 is 14.8 Å². The van der Waals surface area contributed by atoms with E-state index < -0.39 is 5.82 Å². The highest BCUT2D eigenvalue weighted by Gasteiger charge is 2.20. The van der Waals surface area contributed by atoms with Crippen LogP contribution < -0.4 is 10.1 Å². The lowest BCUT2D eigenvalue weighted by atomic mass is 10.1. The minimum absolute atomic E-state index is 0.0122. The van der Waals surface area contributed by atoms with Crippen molar-refractivity contribution < 1.29 is 18.7 Å². The van der Waals surface area contributed by atoms with E-state index in [1.807, 2.05) is 0 Å². The number of hydrogen-bond donors (Lipinski definition) is 1. The lowest BCUT2D eigenvalue weighted by Crippen LogP contribution is -2.38. The smallest absolute Gasteiger partial charge is 0.246 e. The Morgan fingerprint density at radius 3 is 2.94 bits per heavy atom. The highest BCUT2D eigenvalue weighted by Crippen LogP contribution is 2.24. The Morgan fingerprint density at radius 2 is 2.38 bits per heavy atom. The fraction of sp³-hybridized carbons (Fsp3) is 0.364. The van der Waals surface area contributed by atoms with Crippen molar-refractivity contribution in [1.82, 2.24) is 5.32 Å². The molecule has 1 fully saturated rings. The first-order chi connectivity index (χ1) is 7.70. The molecule has 1 aromatic carbocycles. The van der Waals surface area contributed by atoms with Crippen molar-refractivity contribution in [2.75, 3.05) is 20.3 Å². The lowest BCUT2D eigenvalue weighted by molar-refractivity contribution is -0.133. The summed E-state index contributed by atoms with van der Waals surface area (Å²) in [6.45, 7) is 0.378. The summed E-state index contributed by atoms with van der Waals surface area (Å²) < 4.78 is 23.5. The maximum atomic E-state index is 13.4. The van der Waals surface area contributed by atoms with Gasteiger partial charge in [-0.1, -0.05) is 6.07 Å². The molecule has 0 saturated carbocycles. The molecule has 0 bridgehead atoms. The molecule has 1 aliphatic rings. The van der Waals surface area contributed by atoms with E-state index >= 15 is 0 Å². The van der Waals surface area contributed by atoms with Gasteiger partial charge in [-0.05, 0) is 17.7 Å². The first-order valence-electron chi connectivity index (χ1n) is 4.92. The van der Waals surface area contributed by atoms with Crippen LogP contribution in [0.3, 0.4) is 0 Å². The molecule has 1 amide bonds. The van der Waals surface area contributed by atoms with Crippen molar-refractivity contribution in [1.29, 1.82) is 0 Å². The van der Waals surface area contributed by atoms with Gasteiger partial charge in [-0.3, -0.25) is 4.79 Å². The molecule has 1 N–H and O–H groups in total. The van der Waals surface area contributed by atoms with Crippen LogP contribution in [0.5, 0.6) is 5.75 Å². The van der Waals surface area contributed by atoms with Crippen molar-refractivity contribution in [3.05, 3.63) is 29.6 Å². The van der Waals surface area contributed by atoms with Crippen molar-refractivity contribution >= 4 is 5.91 Å². The number of amides is 1. The van der Waals surface area contributed by atoms with Gasteiger partial charge in [0.1, 0.15) is 12.7 Å². The SMILES string of the molecule is COc1ccc(C2CNC(=O)CO2)cc1F. The number of methoxy groups -OCH3 is 1. The number of carbonyl (C=O) groups is 1. The van der Waals surface area contributed by atoms with E-state index in [1.165, 1.54) is 13.2 Å². The third-order valence-electron chi connectivity index (χ3n) is 2.45. The van der Waals surface area contributed by atoms with Crippen LogP contribution in [-0.2, 0) is 9.53 Å². The molecule has 1 aromatic rings. The van der Waals surface area contributed by atoms with Gasteiger partial charge in [-0.2, -0.15) is 0 Å². The number of rotatable bonds is 2. The number of ether oxygens (including phenoxy) is 2. The van der Waals surface area contributed by atoms with Crippen LogP contribution in [-0.4, -0.2) is 26.2 Å². The van der Waals surface area contributed by atoms with Gasteiger partial charge in [0.25, 0.3) is 0 Å². The largest absolute Gasteiger partial charge is 0.494 e. The number of hydrogen-bond acceptors (Lipinski definition) is 3. The summed E-state index contributed by atoms with van der Waals surface area (Å²) in [5.74, 6) is -0.380. The molecule has 2 rings (SSSR count). The normalized spacial score (nSPS) is 20.4. The Labute approximate surface area is 92.4 Å². The van der Waals surface area contributed by atoms with E-state index in [1.54, 1.807) is 12.1 Å². The van der Waals surface area contributed by atoms with Crippen LogP contribution in [0.15, 0.2) is 18.2 Å². The zero-order chi connectivity index (χ0) is 11.5. The third kappa shape index (κ3) is 2.14. The van der Waals surface area contributed by atoms with Crippen molar-refractivity contribution in [3.8, 4) is 5.75 Å². The predicted octanol–water partition coefficient (Wildman–Crippen LogP) is 1.02. The Kier molecular flexibility index (Phi) is 3.05. The average Bonchev–Trinajstić information content (AvgIpc) is 2.30. The number of morpholine rings is 1. The summed E-state index contributed by atoms with van der Waals surface area (Å²) in [6.07, 6.45) is -0.293. The first kappa shape index (κ1) is 10.9. The van der Waals surface area contributed by atoms with E-state index in [0.717, 1.165) is 0 Å². The first-order valence-corrected chi connectivity index (χ1v) is 4.92. The zero-order valence-electron chi connectivity index (χ0n) is 8.83. The second kappa shape index (κ2) is 4.49. The summed E-state index contributed by atoms with van der Waals surface area (Å²) in [7, 11) is 1.41. The van der Waals surface area contributed by atoms with E-state index in [4.69, 9.17) is 9.47 Å². The second-order valence-corrected chi connectivity index (χ2v) is 3.50. The van der Waals surface area contributed by atoms with Gasteiger partial charge in [-0.15, -0.1) is 0 Å². The topological polar surface area (TPSA) is 47.6 Å². The van der Waals surface area contributed by atoms with Gasteiger partial charge >= 0.3 is 0 Å². The molecule has 1 heterocycles. The van der Waals surface area contributed by atoms with Crippen LogP contribution in [0.2, 0.25) is 0 Å². The number of carbonyl (C=O) groups excluding carboxylic acids is 1. The molecule has 0 aliphatic carbocycles. The summed E-state index contributed by atoms with van der Waals surface area (Å²) >= 11 is 0. The number of benzene rings is 1. The van der Waals surface area contributed by atoms with Gasteiger partial charge in [0.15, 0.2) is 11.6 Å². The molecule has 86 valence electrons. The molecule has 16 heavy (non-hydrogen) atoms. The highest BCUT2D eigenvalue weighted by atomic mass is 19.1. The molecular formula is C11H12FNO3. The molecule has 1 saturated heterocycles. The van der Waals surface area contributed by atoms with Crippen molar-refractivity contribution in [3.63, 3.8) is 0 Å². The summed E-state index contributed by atoms with van der Waals surface area (Å²) in [6, 6.07) is 4.63. The molecule has 5 heteroatoms. The highest BCUT2D eigenvalue weighted by molar-refractivity contribution is 5.77. The summed E-state index contributed by atoms with van der Waals surface area (Å²) in [5.41, 5.74) is 0.693. The van der Waals surface area contributed by atoms with Crippen LogP contribution in [0.25, 0.3) is 0 Å². The van der Waals surface area contributed by atoms with E-state index in [2.05, 4.69) is 5.32 Å². The fourth-order valence-electron chi connectivity index (χ4n) is 1.59. The molecular weight excluding hydrogens is 213 g/mol. The van der Waals surface area contributed by atoms with Crippen LogP contribution in [0, 0.1) is 5.82 Å². The molecule has 1 atom stereocenters. The molecule has 0 aromatic heterocycles. The summed E-state index contributed by atoms with van der Waals surface area (Å²) in [4.78, 5) is 10.9. The predicted molar refractivity (Wildman–Crippen MR) is 54.7 cm³/mol. The third-order valence-corrected chi connectivity index (χ3v) is 2.45. The Bertz CT molecular complexity index is 398. The maximum absolute atomic E-state index is 13.4. The number of nitrogens with one attached hydrogen (secondary N) is 1. The molecule has 0 spiro atoms. The minimum Gasteiger partial charge on any atom is -0.494 e. The maximum Gasteiger partial charge on any atom is 0.246 e. The van der Waals surface area contributed by atoms with Crippen molar-refractivity contribution in [2.24, 2.45) is 0 Å². The monoisotopic (exact) mass is 225 g/mol. The van der Waals surface area contributed by atoms with E-state index in [0.29, 0.717) is 12.1 Å². The van der Waals surface area contributed by atoms with Crippen LogP contribution >= 0.6 is 0 Å². The Morgan fingerprint density at radius 1 is 1.56 bits per heavy atom. The van der Waals surface area contributed by atoms with Crippen LogP contribution in [0.1, 0.15) is 11.7 Å². The second-order valence-electron chi connectivity index (χ2n) is 3.50. The van der Waals surface area contributed by atoms with Gasteiger partial charge in [0.05, 0.1) is 7.11 Å². The van der Waals surface area contributed by atoms with Crippen LogP contribution in [0.4, 0.5) is 4.39 Å². The molecule has 4 nitrogen and oxygen atoms in total. The molecule has 1 unspecified atom stereocenters. The van der Waals surface area contributed by atoms with Gasteiger partial charge in [0.2, 0.25) is 5.91 Å². The minimum atomic E-state index is -0.430. The van der Waals surface area contributed by atoms with Gasteiger partial charge in [-0.25, -0.2) is 4.39 Å². The lowest BCUT2D eigenvalue weighted by Gasteiger charge is -2.23. The molecule has 1 aliphatic heterocycles. The number of halogens is 1. The van der Waals surface area contributed by atoms with Crippen molar-refractivity contribution in [2.45, 2.75) is 6.10 Å². The quantitative estimate of drug-likeness (QED) is 0.817. The van der Waals surface area contributed by atoms with Gasteiger partial charge in [0, 0.05) is 6.54 Å². The fourth-order valence-corrected chi connectivity index (χ4v) is 1.59. The molecule has 0 radical (unpaired) electrons. The standard InChI is InChI=1S/C11H12FNO3/c1-15-9-3-2-7(4-8(9)12)10-5-13-11(14)6-16-10/h2-4,10H,5-6H2,1H3,(H,13,14). The van der Waals surface area contributed by atoms with E-state index in [-0.39, 0.29) is 24.4 Å². The Hall–Kier alpha value is -1.62. The zero-order valence-corrected chi connectivity index (χ0v) is 8.83. The Balaban J connectivity index is 2.15.